The molecule has 0 aliphatic carbocycles. The monoisotopic (exact) mass is 417 g/mol. The van der Waals surface area contributed by atoms with Gasteiger partial charge in [0, 0.05) is 17.2 Å². The molecular weight excluding hydrogens is 398 g/mol. The molecule has 0 saturated carbocycles. The van der Waals surface area contributed by atoms with Crippen LogP contribution in [-0.4, -0.2) is 39.7 Å². The molecule has 2 amide bonds. The van der Waals surface area contributed by atoms with E-state index in [0.29, 0.717) is 11.7 Å². The Morgan fingerprint density at radius 2 is 2.12 bits per heavy atom. The number of hydrogen-bond acceptors (Lipinski definition) is 6. The van der Waals surface area contributed by atoms with E-state index < -0.39 is 12.0 Å². The maximum absolute atomic E-state index is 11.3. The minimum atomic E-state index is -0.931. The van der Waals surface area contributed by atoms with Crippen LogP contribution in [0.5, 0.6) is 0 Å². The van der Waals surface area contributed by atoms with Crippen LogP contribution in [0.3, 0.4) is 0 Å². The van der Waals surface area contributed by atoms with Gasteiger partial charge in [-0.05, 0) is 34.8 Å². The number of amides is 2. The maximum atomic E-state index is 11.3. The number of fused-ring (bicyclic) bond motifs is 1. The molecule has 0 fully saturated rings. The molecule has 0 radical (unpaired) electrons. The van der Waals surface area contributed by atoms with E-state index in [9.17, 15) is 9.59 Å². The smallest absolute Gasteiger partial charge is 0.321 e. The number of carboxylic acid groups (broad SMARTS) is 1. The highest BCUT2D eigenvalue weighted by Gasteiger charge is 2.14. The quantitative estimate of drug-likeness (QED) is 0.604. The molecule has 0 aromatic carbocycles. The summed E-state index contributed by atoms with van der Waals surface area (Å²) in [5.41, 5.74) is 5.93. The Morgan fingerprint density at radius 3 is 2.62 bits per heavy atom. The van der Waals surface area contributed by atoms with Crippen LogP contribution >= 0.6 is 27.3 Å². The third-order valence-electron chi connectivity index (χ3n) is 2.78. The molecule has 0 aliphatic rings. The second kappa shape index (κ2) is 9.50. The van der Waals surface area contributed by atoms with Gasteiger partial charge in [0.05, 0.1) is 0 Å². The Kier molecular flexibility index (Phi) is 8.02. The lowest BCUT2D eigenvalue weighted by atomic mass is 10.1. The molecule has 132 valence electrons. The Morgan fingerprint density at radius 1 is 1.46 bits per heavy atom. The number of aliphatic carboxylic acids is 1. The molecular formula is C14H20BrN5O3S. The van der Waals surface area contributed by atoms with Gasteiger partial charge in [-0.3, -0.25) is 10.1 Å². The topological polar surface area (TPSA) is 130 Å². The Hall–Kier alpha value is -1.78. The summed E-state index contributed by atoms with van der Waals surface area (Å²) in [5, 5.41) is 14.1. The maximum Gasteiger partial charge on any atom is 0.321 e. The number of nitrogens with two attached hydrogens (primary N) is 1. The highest BCUT2D eigenvalue weighted by atomic mass is 79.9. The van der Waals surface area contributed by atoms with Crippen molar-refractivity contribution >= 4 is 54.7 Å². The summed E-state index contributed by atoms with van der Waals surface area (Å²) in [5.74, 6) is -0.910. The zero-order valence-electron chi connectivity index (χ0n) is 13.5. The van der Waals surface area contributed by atoms with Crippen molar-refractivity contribution in [3.63, 3.8) is 0 Å². The fourth-order valence-electron chi connectivity index (χ4n) is 1.44. The molecule has 8 nitrogen and oxygen atoms in total. The first-order valence-corrected chi connectivity index (χ1v) is 8.80. The lowest BCUT2D eigenvalue weighted by Gasteiger charge is -2.07. The number of nitrogens with zero attached hydrogens (tertiary/aromatic N) is 2. The zero-order valence-corrected chi connectivity index (χ0v) is 15.9. The summed E-state index contributed by atoms with van der Waals surface area (Å²) in [6, 6.07) is 0.900. The molecule has 10 heteroatoms. The summed E-state index contributed by atoms with van der Waals surface area (Å²) in [6.45, 7) is 5.99. The second-order valence-electron chi connectivity index (χ2n) is 5.09. The SMILES string of the molecule is CC(C)[C@H](N)C(=O)O.CCNC(=O)Nc1nc2cc(Br)cnc2s1. The molecule has 2 heterocycles. The molecule has 0 aliphatic heterocycles. The molecule has 0 saturated heterocycles. The third-order valence-corrected chi connectivity index (χ3v) is 4.10. The summed E-state index contributed by atoms with van der Waals surface area (Å²) >= 11 is 4.66. The van der Waals surface area contributed by atoms with Crippen LogP contribution in [0.15, 0.2) is 16.7 Å². The van der Waals surface area contributed by atoms with Gasteiger partial charge in [-0.1, -0.05) is 25.2 Å². The predicted octanol–water partition coefficient (Wildman–Crippen LogP) is 2.65. The van der Waals surface area contributed by atoms with E-state index in [1.807, 2.05) is 13.0 Å². The zero-order chi connectivity index (χ0) is 18.3. The number of hydrogen-bond donors (Lipinski definition) is 4. The van der Waals surface area contributed by atoms with Crippen LogP contribution in [0.4, 0.5) is 9.93 Å². The fraction of sp³-hybridized carbons (Fsp3) is 0.429. The number of carboxylic acids is 1. The average Bonchev–Trinajstić information content (AvgIpc) is 2.88. The summed E-state index contributed by atoms with van der Waals surface area (Å²) in [6.07, 6.45) is 1.70. The minimum absolute atomic E-state index is 0.0208. The van der Waals surface area contributed by atoms with Crippen LogP contribution in [0.25, 0.3) is 10.3 Å². The number of thiazole rings is 1. The first kappa shape index (κ1) is 20.3. The largest absolute Gasteiger partial charge is 0.480 e. The number of pyridine rings is 1. The van der Waals surface area contributed by atoms with Crippen LogP contribution in [-0.2, 0) is 4.79 Å². The van der Waals surface area contributed by atoms with Crippen molar-refractivity contribution in [2.75, 3.05) is 11.9 Å². The molecule has 1 atom stereocenters. The lowest BCUT2D eigenvalue weighted by Crippen LogP contribution is -2.34. The van der Waals surface area contributed by atoms with Gasteiger partial charge in [-0.15, -0.1) is 0 Å². The van der Waals surface area contributed by atoms with Crippen molar-refractivity contribution < 1.29 is 14.7 Å². The number of carbonyl (C=O) groups excluding carboxylic acids is 1. The summed E-state index contributed by atoms with van der Waals surface area (Å²) < 4.78 is 0.870. The minimum Gasteiger partial charge on any atom is -0.480 e. The number of carbonyl (C=O) groups is 2. The van der Waals surface area contributed by atoms with Crippen LogP contribution in [0, 0.1) is 5.92 Å². The van der Waals surface area contributed by atoms with Crippen molar-refractivity contribution in [3.05, 3.63) is 16.7 Å². The van der Waals surface area contributed by atoms with Crippen molar-refractivity contribution in [1.29, 1.82) is 0 Å². The van der Waals surface area contributed by atoms with Gasteiger partial charge in [0.1, 0.15) is 16.4 Å². The Bertz CT molecular complexity index is 707. The number of nitrogens with one attached hydrogen (secondary N) is 2. The number of anilines is 1. The van der Waals surface area contributed by atoms with E-state index in [-0.39, 0.29) is 11.9 Å². The first-order chi connectivity index (χ1) is 11.2. The summed E-state index contributed by atoms with van der Waals surface area (Å²) in [7, 11) is 0. The highest BCUT2D eigenvalue weighted by Crippen LogP contribution is 2.25. The van der Waals surface area contributed by atoms with Gasteiger partial charge >= 0.3 is 12.0 Å². The normalized spacial score (nSPS) is 11.6. The van der Waals surface area contributed by atoms with Gasteiger partial charge < -0.3 is 16.2 Å². The second-order valence-corrected chi connectivity index (χ2v) is 6.98. The van der Waals surface area contributed by atoms with Gasteiger partial charge in [0.2, 0.25) is 0 Å². The van der Waals surface area contributed by atoms with Crippen LogP contribution in [0.2, 0.25) is 0 Å². The molecule has 0 unspecified atom stereocenters. The number of urea groups is 1. The fourth-order valence-corrected chi connectivity index (χ4v) is 2.54. The van der Waals surface area contributed by atoms with E-state index in [0.717, 1.165) is 14.8 Å². The predicted molar refractivity (Wildman–Crippen MR) is 98.3 cm³/mol. The molecule has 24 heavy (non-hydrogen) atoms. The number of aromatic nitrogens is 2. The Labute approximate surface area is 152 Å². The van der Waals surface area contributed by atoms with Crippen LogP contribution < -0.4 is 16.4 Å². The van der Waals surface area contributed by atoms with Crippen molar-refractivity contribution in [1.82, 2.24) is 15.3 Å². The van der Waals surface area contributed by atoms with E-state index in [1.54, 1.807) is 20.0 Å². The van der Waals surface area contributed by atoms with E-state index in [1.165, 1.54) is 11.3 Å². The molecule has 0 bridgehead atoms. The van der Waals surface area contributed by atoms with E-state index in [2.05, 4.69) is 36.5 Å². The highest BCUT2D eigenvalue weighted by molar-refractivity contribution is 9.10. The van der Waals surface area contributed by atoms with Crippen molar-refractivity contribution in [2.45, 2.75) is 26.8 Å². The van der Waals surface area contributed by atoms with Crippen molar-refractivity contribution in [2.24, 2.45) is 11.7 Å². The van der Waals surface area contributed by atoms with E-state index in [4.69, 9.17) is 10.8 Å². The van der Waals surface area contributed by atoms with Gasteiger partial charge in [0.25, 0.3) is 0 Å². The van der Waals surface area contributed by atoms with E-state index >= 15 is 0 Å². The Balaban J connectivity index is 0.000000307. The van der Waals surface area contributed by atoms with Crippen LogP contribution in [0.1, 0.15) is 20.8 Å². The van der Waals surface area contributed by atoms with Gasteiger partial charge in [-0.25, -0.2) is 14.8 Å². The molecule has 0 spiro atoms. The lowest BCUT2D eigenvalue weighted by molar-refractivity contribution is -0.139. The standard InChI is InChI=1S/C9H9BrN4OS.C5H11NO2/c1-2-11-8(15)14-9-13-6-3-5(10)4-12-7(6)16-9;1-3(2)4(6)5(7)8/h3-4H,2H2,1H3,(H2,11,13,14,15);3-4H,6H2,1-2H3,(H,7,8)/t;4-/m.0/s1. The first-order valence-electron chi connectivity index (χ1n) is 7.19. The van der Waals surface area contributed by atoms with Gasteiger partial charge in [-0.2, -0.15) is 0 Å². The molecule has 5 N–H and O–H groups in total. The summed E-state index contributed by atoms with van der Waals surface area (Å²) in [4.78, 5) is 30.5. The molecule has 2 aromatic heterocycles. The van der Waals surface area contributed by atoms with Gasteiger partial charge in [0.15, 0.2) is 5.13 Å². The molecule has 2 rings (SSSR count). The third kappa shape index (κ3) is 6.38. The average molecular weight is 418 g/mol. The van der Waals surface area contributed by atoms with Crippen molar-refractivity contribution in [3.8, 4) is 0 Å². The number of halogens is 1. The molecule has 2 aromatic rings. The number of rotatable bonds is 4.